The Morgan fingerprint density at radius 2 is 1.85 bits per heavy atom. The van der Waals surface area contributed by atoms with Crippen LogP contribution in [0.4, 0.5) is 5.82 Å². The molecule has 1 aliphatic rings. The van der Waals surface area contributed by atoms with Crippen LogP contribution >= 0.6 is 0 Å². The van der Waals surface area contributed by atoms with E-state index in [1.165, 1.54) is 32.9 Å². The Morgan fingerprint density at radius 1 is 1.09 bits per heavy atom. The number of hydrogen-bond donors (Lipinski definition) is 3. The smallest absolute Gasteiger partial charge is 0.236 e. The van der Waals surface area contributed by atoms with Crippen LogP contribution in [0.5, 0.6) is 0 Å². The molecule has 1 saturated heterocycles. The lowest BCUT2D eigenvalue weighted by atomic mass is 10.1. The maximum atomic E-state index is 11.3. The highest BCUT2D eigenvalue weighted by atomic mass is 16.2. The number of carbonyl (C=O) groups excluding carboxylic acids is 1. The first-order chi connectivity index (χ1) is 16.2. The molecular formula is C25H27N7O. The second kappa shape index (κ2) is 9.38. The monoisotopic (exact) mass is 441 g/mol. The van der Waals surface area contributed by atoms with Crippen LogP contribution in [0.1, 0.15) is 25.3 Å². The number of para-hydroxylation sites is 2. The van der Waals surface area contributed by atoms with E-state index in [9.17, 15) is 4.79 Å². The third kappa shape index (κ3) is 4.56. The summed E-state index contributed by atoms with van der Waals surface area (Å²) in [4.78, 5) is 27.0. The van der Waals surface area contributed by atoms with Crippen molar-refractivity contribution in [2.75, 3.05) is 31.5 Å². The number of H-pyrrole nitrogens is 1. The fraction of sp³-hybridized carbons (Fsp3) is 0.280. The predicted octanol–water partition coefficient (Wildman–Crippen LogP) is 3.76. The Balaban J connectivity index is 1.55. The van der Waals surface area contributed by atoms with Crippen LogP contribution < -0.4 is 10.7 Å². The number of nitrogens with zero attached hydrogens (tertiary/aromatic N) is 4. The Labute approximate surface area is 192 Å². The summed E-state index contributed by atoms with van der Waals surface area (Å²) in [5.74, 6) is 1.18. The molecule has 5 rings (SSSR count). The van der Waals surface area contributed by atoms with Crippen molar-refractivity contribution < 1.29 is 4.79 Å². The molecule has 0 radical (unpaired) electrons. The second-order valence-electron chi connectivity index (χ2n) is 8.27. The zero-order valence-electron chi connectivity index (χ0n) is 18.6. The summed E-state index contributed by atoms with van der Waals surface area (Å²) in [5, 5.41) is 9.63. The molecule has 4 aromatic rings. The summed E-state index contributed by atoms with van der Waals surface area (Å²) < 4.78 is 0. The topological polar surface area (TPSA) is 98.3 Å². The number of aromatic nitrogens is 3. The van der Waals surface area contributed by atoms with Crippen molar-refractivity contribution in [3.05, 3.63) is 54.1 Å². The fourth-order valence-corrected chi connectivity index (χ4v) is 4.32. The lowest BCUT2D eigenvalue weighted by molar-refractivity contribution is -0.118. The predicted molar refractivity (Wildman–Crippen MR) is 132 cm³/mol. The average Bonchev–Trinajstić information content (AvgIpc) is 3.47. The van der Waals surface area contributed by atoms with Gasteiger partial charge in [-0.25, -0.2) is 15.4 Å². The van der Waals surface area contributed by atoms with E-state index in [-0.39, 0.29) is 5.91 Å². The van der Waals surface area contributed by atoms with E-state index >= 15 is 0 Å². The van der Waals surface area contributed by atoms with Gasteiger partial charge in [0, 0.05) is 41.9 Å². The average molecular weight is 442 g/mol. The molecule has 3 N–H and O–H groups in total. The summed E-state index contributed by atoms with van der Waals surface area (Å²) in [6.07, 6.45) is 4.21. The minimum absolute atomic E-state index is 0.223. The van der Waals surface area contributed by atoms with Crippen molar-refractivity contribution in [2.45, 2.75) is 19.8 Å². The third-order valence-corrected chi connectivity index (χ3v) is 5.91. The van der Waals surface area contributed by atoms with Crippen LogP contribution in [0.25, 0.3) is 33.3 Å². The first-order valence-electron chi connectivity index (χ1n) is 11.3. The number of benzene rings is 2. The Bertz CT molecular complexity index is 1320. The Kier molecular flexibility index (Phi) is 5.99. The second-order valence-corrected chi connectivity index (χ2v) is 8.27. The molecule has 8 heteroatoms. The molecule has 0 spiro atoms. The van der Waals surface area contributed by atoms with Crippen molar-refractivity contribution in [3.63, 3.8) is 0 Å². The minimum atomic E-state index is -0.223. The molecule has 168 valence electrons. The SMILES string of the molecule is CC(=O)N/N=C/c1c(-c2nc(NCCN3CCCC3)c3ccccc3n2)[nH]c2ccccc12. The van der Waals surface area contributed by atoms with Crippen LogP contribution in [0.3, 0.4) is 0 Å². The maximum Gasteiger partial charge on any atom is 0.236 e. The van der Waals surface area contributed by atoms with Crippen LogP contribution in [0.15, 0.2) is 53.6 Å². The molecular weight excluding hydrogens is 414 g/mol. The van der Waals surface area contributed by atoms with E-state index in [1.807, 2.05) is 48.5 Å². The number of likely N-dealkylation sites (tertiary alicyclic amines) is 1. The van der Waals surface area contributed by atoms with Gasteiger partial charge in [-0.2, -0.15) is 5.10 Å². The number of fused-ring (bicyclic) bond motifs is 2. The van der Waals surface area contributed by atoms with Gasteiger partial charge in [-0.15, -0.1) is 0 Å². The largest absolute Gasteiger partial charge is 0.368 e. The number of anilines is 1. The van der Waals surface area contributed by atoms with Gasteiger partial charge in [0.1, 0.15) is 5.82 Å². The van der Waals surface area contributed by atoms with E-state index in [0.717, 1.165) is 52.0 Å². The van der Waals surface area contributed by atoms with Crippen LogP contribution in [-0.2, 0) is 4.79 Å². The van der Waals surface area contributed by atoms with E-state index in [1.54, 1.807) is 6.21 Å². The molecule has 3 heterocycles. The molecule has 8 nitrogen and oxygen atoms in total. The number of hydrogen-bond acceptors (Lipinski definition) is 6. The quantitative estimate of drug-likeness (QED) is 0.300. The molecule has 33 heavy (non-hydrogen) atoms. The molecule has 0 saturated carbocycles. The molecule has 0 bridgehead atoms. The number of carbonyl (C=O) groups is 1. The highest BCUT2D eigenvalue weighted by Crippen LogP contribution is 2.30. The Morgan fingerprint density at radius 3 is 2.67 bits per heavy atom. The van der Waals surface area contributed by atoms with E-state index in [4.69, 9.17) is 9.97 Å². The fourth-order valence-electron chi connectivity index (χ4n) is 4.32. The standard InChI is InChI=1S/C25H27N7O/c1-17(33)31-27-16-20-18-8-2-4-10-21(18)28-23(20)25-29-22-11-5-3-9-19(22)24(30-25)26-12-15-32-13-6-7-14-32/h2-5,8-11,16,28H,6-7,12-15H2,1H3,(H,31,33)(H,26,29,30)/b27-16+. The lowest BCUT2D eigenvalue weighted by Gasteiger charge is -2.16. The van der Waals surface area contributed by atoms with Gasteiger partial charge in [0.2, 0.25) is 5.91 Å². The van der Waals surface area contributed by atoms with Gasteiger partial charge in [0.15, 0.2) is 5.82 Å². The summed E-state index contributed by atoms with van der Waals surface area (Å²) in [7, 11) is 0. The van der Waals surface area contributed by atoms with Gasteiger partial charge in [-0.3, -0.25) is 4.79 Å². The summed E-state index contributed by atoms with van der Waals surface area (Å²) in [6, 6.07) is 16.0. The maximum absolute atomic E-state index is 11.3. The zero-order chi connectivity index (χ0) is 22.6. The van der Waals surface area contributed by atoms with Gasteiger partial charge >= 0.3 is 0 Å². The van der Waals surface area contributed by atoms with Crippen molar-refractivity contribution in [1.29, 1.82) is 0 Å². The van der Waals surface area contributed by atoms with Gasteiger partial charge in [0.05, 0.1) is 17.4 Å². The molecule has 1 aliphatic heterocycles. The summed E-state index contributed by atoms with van der Waals surface area (Å²) in [5.41, 5.74) is 5.90. The highest BCUT2D eigenvalue weighted by Gasteiger charge is 2.17. The van der Waals surface area contributed by atoms with Gasteiger partial charge in [-0.05, 0) is 44.1 Å². The number of rotatable bonds is 7. The van der Waals surface area contributed by atoms with Crippen LogP contribution in [-0.4, -0.2) is 58.2 Å². The van der Waals surface area contributed by atoms with Crippen molar-refractivity contribution in [2.24, 2.45) is 5.10 Å². The number of aromatic amines is 1. The highest BCUT2D eigenvalue weighted by molar-refractivity contribution is 6.06. The van der Waals surface area contributed by atoms with Crippen LogP contribution in [0.2, 0.25) is 0 Å². The van der Waals surface area contributed by atoms with Crippen LogP contribution in [0, 0.1) is 0 Å². The molecule has 1 amide bonds. The molecule has 2 aromatic heterocycles. The molecule has 0 aliphatic carbocycles. The van der Waals surface area contributed by atoms with E-state index in [2.05, 4.69) is 25.7 Å². The summed E-state index contributed by atoms with van der Waals surface area (Å²) in [6.45, 7) is 5.59. The number of hydrazone groups is 1. The third-order valence-electron chi connectivity index (χ3n) is 5.91. The Hall–Kier alpha value is -3.78. The van der Waals surface area contributed by atoms with Crippen molar-refractivity contribution >= 4 is 39.7 Å². The first-order valence-corrected chi connectivity index (χ1v) is 11.3. The van der Waals surface area contributed by atoms with Gasteiger partial charge < -0.3 is 15.2 Å². The molecule has 1 fully saturated rings. The number of amides is 1. The molecule has 0 atom stereocenters. The lowest BCUT2D eigenvalue weighted by Crippen LogP contribution is -2.26. The van der Waals surface area contributed by atoms with Gasteiger partial charge in [-0.1, -0.05) is 30.3 Å². The molecule has 2 aromatic carbocycles. The van der Waals surface area contributed by atoms with E-state index in [0.29, 0.717) is 5.82 Å². The molecule has 0 unspecified atom stereocenters. The van der Waals surface area contributed by atoms with E-state index < -0.39 is 0 Å². The minimum Gasteiger partial charge on any atom is -0.368 e. The first kappa shape index (κ1) is 21.1. The normalized spacial score (nSPS) is 14.5. The zero-order valence-corrected chi connectivity index (χ0v) is 18.6. The van der Waals surface area contributed by atoms with Gasteiger partial charge in [0.25, 0.3) is 0 Å². The number of nitrogens with one attached hydrogen (secondary N) is 3. The van der Waals surface area contributed by atoms with Crippen molar-refractivity contribution in [3.8, 4) is 11.5 Å². The van der Waals surface area contributed by atoms with Crippen molar-refractivity contribution in [1.82, 2.24) is 25.3 Å². The summed E-state index contributed by atoms with van der Waals surface area (Å²) >= 11 is 0.